The molecule has 0 saturated carbocycles. The normalized spacial score (nSPS) is 11.2. The van der Waals surface area contributed by atoms with Gasteiger partial charge in [-0.15, -0.1) is 0 Å². The van der Waals surface area contributed by atoms with Crippen molar-refractivity contribution in [3.63, 3.8) is 0 Å². The van der Waals surface area contributed by atoms with Crippen molar-refractivity contribution in [1.82, 2.24) is 19.1 Å². The number of ether oxygens (including phenoxy) is 1. The molecule has 0 bridgehead atoms. The number of aryl methyl sites for hydroxylation is 1. The zero-order valence-corrected chi connectivity index (χ0v) is 15.5. The van der Waals surface area contributed by atoms with Crippen molar-refractivity contribution < 1.29 is 9.84 Å². The quantitative estimate of drug-likeness (QED) is 0.481. The van der Waals surface area contributed by atoms with Gasteiger partial charge in [0.1, 0.15) is 0 Å². The van der Waals surface area contributed by atoms with Gasteiger partial charge in [-0.25, -0.2) is 4.79 Å². The molecule has 0 atom stereocenters. The Morgan fingerprint density at radius 1 is 1.30 bits per heavy atom. The van der Waals surface area contributed by atoms with Crippen molar-refractivity contribution in [1.29, 1.82) is 0 Å². The molecular weight excluding hydrogens is 374 g/mol. The molecular formula is C17H20ClN5O4. The first kappa shape index (κ1) is 19.2. The van der Waals surface area contributed by atoms with E-state index < -0.39 is 11.2 Å². The first-order valence-electron chi connectivity index (χ1n) is 8.38. The molecule has 3 rings (SSSR count). The number of H-pyrrole nitrogens is 1. The second-order valence-corrected chi connectivity index (χ2v) is 6.27. The number of imidazole rings is 1. The van der Waals surface area contributed by atoms with E-state index in [1.165, 1.54) is 4.57 Å². The second kappa shape index (κ2) is 8.38. The number of benzene rings is 1. The van der Waals surface area contributed by atoms with Crippen LogP contribution < -0.4 is 16.6 Å². The van der Waals surface area contributed by atoms with Gasteiger partial charge in [0, 0.05) is 18.6 Å². The second-order valence-electron chi connectivity index (χ2n) is 5.87. The summed E-state index contributed by atoms with van der Waals surface area (Å²) in [5, 5.41) is 12.4. The number of nitrogens with one attached hydrogen (secondary N) is 2. The summed E-state index contributed by atoms with van der Waals surface area (Å²) >= 11 is 6.26. The number of aromatic nitrogens is 4. The molecule has 0 aliphatic rings. The Balaban J connectivity index is 2.03. The Morgan fingerprint density at radius 2 is 2.07 bits per heavy atom. The molecule has 0 amide bonds. The topological polar surface area (TPSA) is 114 Å². The van der Waals surface area contributed by atoms with E-state index in [0.29, 0.717) is 30.7 Å². The Kier molecular flexibility index (Phi) is 5.94. The largest absolute Gasteiger partial charge is 0.394 e. The van der Waals surface area contributed by atoms with Gasteiger partial charge in [0.15, 0.2) is 11.2 Å². The number of hydrogen-bond donors (Lipinski definition) is 3. The standard InChI is InChI=1S/C17H20ClN5O4/c1-22-14-13(15(25)21-17(22)26)23(10-11-4-2-3-5-12(11)18)16(20-14)19-6-8-27-9-7-24/h2-5,24H,6-10H2,1H3,(H,19,20)(H,21,25,26). The molecule has 3 N–H and O–H groups in total. The van der Waals surface area contributed by atoms with Crippen LogP contribution in [0, 0.1) is 0 Å². The van der Waals surface area contributed by atoms with E-state index in [2.05, 4.69) is 15.3 Å². The highest BCUT2D eigenvalue weighted by Gasteiger charge is 2.18. The highest BCUT2D eigenvalue weighted by Crippen LogP contribution is 2.21. The van der Waals surface area contributed by atoms with Gasteiger partial charge < -0.3 is 15.2 Å². The van der Waals surface area contributed by atoms with Crippen LogP contribution in [0.3, 0.4) is 0 Å². The maximum absolute atomic E-state index is 12.4. The SMILES string of the molecule is Cn1c(=O)[nH]c(=O)c2c1nc(NCCOCCO)n2Cc1ccccc1Cl. The molecule has 10 heteroatoms. The molecule has 0 fully saturated rings. The predicted octanol–water partition coefficient (Wildman–Crippen LogP) is 0.546. The highest BCUT2D eigenvalue weighted by molar-refractivity contribution is 6.31. The van der Waals surface area contributed by atoms with Crippen LogP contribution in [0.4, 0.5) is 5.95 Å². The lowest BCUT2D eigenvalue weighted by Crippen LogP contribution is -2.29. The number of aromatic amines is 1. The number of hydrogen-bond acceptors (Lipinski definition) is 6. The van der Waals surface area contributed by atoms with Crippen molar-refractivity contribution in [3.05, 3.63) is 55.7 Å². The van der Waals surface area contributed by atoms with Crippen molar-refractivity contribution in [3.8, 4) is 0 Å². The molecule has 3 aromatic rings. The van der Waals surface area contributed by atoms with E-state index in [4.69, 9.17) is 21.4 Å². The molecule has 0 aliphatic heterocycles. The number of aliphatic hydroxyl groups excluding tert-OH is 1. The van der Waals surface area contributed by atoms with Gasteiger partial charge >= 0.3 is 5.69 Å². The van der Waals surface area contributed by atoms with Gasteiger partial charge in [-0.05, 0) is 11.6 Å². The summed E-state index contributed by atoms with van der Waals surface area (Å²) in [6.45, 7) is 1.26. The van der Waals surface area contributed by atoms with Crippen LogP contribution in [-0.2, 0) is 18.3 Å². The monoisotopic (exact) mass is 393 g/mol. The van der Waals surface area contributed by atoms with Crippen molar-refractivity contribution in [2.24, 2.45) is 7.05 Å². The van der Waals surface area contributed by atoms with E-state index >= 15 is 0 Å². The fourth-order valence-electron chi connectivity index (χ4n) is 2.72. The van der Waals surface area contributed by atoms with Gasteiger partial charge in [-0.3, -0.25) is 18.9 Å². The Hall–Kier alpha value is -2.62. The number of aliphatic hydroxyl groups is 1. The van der Waals surface area contributed by atoms with Crippen LogP contribution in [0.25, 0.3) is 11.2 Å². The minimum atomic E-state index is -0.535. The van der Waals surface area contributed by atoms with Crippen molar-refractivity contribution >= 4 is 28.7 Å². The summed E-state index contributed by atoms with van der Waals surface area (Å²) in [4.78, 5) is 31.0. The number of fused-ring (bicyclic) bond motifs is 1. The van der Waals surface area contributed by atoms with E-state index in [0.717, 1.165) is 5.56 Å². The predicted molar refractivity (Wildman–Crippen MR) is 103 cm³/mol. The smallest absolute Gasteiger partial charge is 0.329 e. The summed E-state index contributed by atoms with van der Waals surface area (Å²) < 4.78 is 8.20. The minimum Gasteiger partial charge on any atom is -0.394 e. The molecule has 0 radical (unpaired) electrons. The molecule has 2 heterocycles. The lowest BCUT2D eigenvalue weighted by Gasteiger charge is -2.11. The van der Waals surface area contributed by atoms with Crippen LogP contribution in [-0.4, -0.2) is 50.6 Å². The molecule has 2 aromatic heterocycles. The molecule has 1 aromatic carbocycles. The van der Waals surface area contributed by atoms with Gasteiger partial charge in [0.05, 0.1) is 26.4 Å². The van der Waals surface area contributed by atoms with Crippen molar-refractivity contribution in [2.75, 3.05) is 31.7 Å². The van der Waals surface area contributed by atoms with Crippen LogP contribution >= 0.6 is 11.6 Å². The van der Waals surface area contributed by atoms with Gasteiger partial charge in [-0.1, -0.05) is 29.8 Å². The average molecular weight is 394 g/mol. The molecule has 0 unspecified atom stereocenters. The van der Waals surface area contributed by atoms with E-state index in [9.17, 15) is 9.59 Å². The summed E-state index contributed by atoms with van der Waals surface area (Å²) in [7, 11) is 1.54. The molecule has 0 saturated heterocycles. The summed E-state index contributed by atoms with van der Waals surface area (Å²) in [5.74, 6) is 0.421. The third-order valence-electron chi connectivity index (χ3n) is 4.06. The van der Waals surface area contributed by atoms with Gasteiger partial charge in [-0.2, -0.15) is 4.98 Å². The fourth-order valence-corrected chi connectivity index (χ4v) is 2.92. The van der Waals surface area contributed by atoms with Gasteiger partial charge in [0.25, 0.3) is 5.56 Å². The maximum Gasteiger partial charge on any atom is 0.329 e. The maximum atomic E-state index is 12.4. The lowest BCUT2D eigenvalue weighted by atomic mass is 10.2. The highest BCUT2D eigenvalue weighted by atomic mass is 35.5. The van der Waals surface area contributed by atoms with Crippen LogP contribution in [0.2, 0.25) is 5.02 Å². The van der Waals surface area contributed by atoms with Gasteiger partial charge in [0.2, 0.25) is 5.95 Å². The summed E-state index contributed by atoms with van der Waals surface area (Å²) in [6, 6.07) is 7.31. The number of anilines is 1. The number of halogens is 1. The fraction of sp³-hybridized carbons (Fsp3) is 0.353. The number of rotatable bonds is 8. The van der Waals surface area contributed by atoms with E-state index in [-0.39, 0.29) is 24.4 Å². The molecule has 144 valence electrons. The molecule has 0 aliphatic carbocycles. The first-order chi connectivity index (χ1) is 13.0. The van der Waals surface area contributed by atoms with Crippen LogP contribution in [0.15, 0.2) is 33.9 Å². The van der Waals surface area contributed by atoms with Crippen molar-refractivity contribution in [2.45, 2.75) is 6.54 Å². The van der Waals surface area contributed by atoms with Crippen LogP contribution in [0.1, 0.15) is 5.56 Å². The number of nitrogens with zero attached hydrogens (tertiary/aromatic N) is 3. The third kappa shape index (κ3) is 4.05. The minimum absolute atomic E-state index is 0.0531. The summed E-state index contributed by atoms with van der Waals surface area (Å²) in [6.07, 6.45) is 0. The van der Waals surface area contributed by atoms with E-state index in [1.54, 1.807) is 17.7 Å². The zero-order valence-electron chi connectivity index (χ0n) is 14.7. The van der Waals surface area contributed by atoms with E-state index in [1.807, 2.05) is 18.2 Å². The Morgan fingerprint density at radius 3 is 2.81 bits per heavy atom. The first-order valence-corrected chi connectivity index (χ1v) is 8.76. The molecule has 0 spiro atoms. The lowest BCUT2D eigenvalue weighted by molar-refractivity contribution is 0.0991. The molecule has 27 heavy (non-hydrogen) atoms. The summed E-state index contributed by atoms with van der Waals surface area (Å²) in [5.41, 5.74) is 0.307. The Bertz CT molecular complexity index is 1060. The third-order valence-corrected chi connectivity index (χ3v) is 4.43. The van der Waals surface area contributed by atoms with Crippen LogP contribution in [0.5, 0.6) is 0 Å². The molecule has 9 nitrogen and oxygen atoms in total. The average Bonchev–Trinajstić information content (AvgIpc) is 3.00. The zero-order chi connectivity index (χ0) is 19.4. The Labute approximate surface area is 159 Å².